The number of aryl methyl sites for hydroxylation is 1. The van der Waals surface area contributed by atoms with Crippen molar-refractivity contribution in [2.45, 2.75) is 20.3 Å². The number of hydrogen-bond acceptors (Lipinski definition) is 7. The zero-order chi connectivity index (χ0) is 19.2. The van der Waals surface area contributed by atoms with Crippen LogP contribution in [0.25, 0.3) is 5.78 Å². The first kappa shape index (κ1) is 18.3. The summed E-state index contributed by atoms with van der Waals surface area (Å²) < 4.78 is 12.1. The summed E-state index contributed by atoms with van der Waals surface area (Å²) in [6.07, 6.45) is 3.27. The molecule has 0 unspecified atom stereocenters. The Morgan fingerprint density at radius 1 is 1.19 bits per heavy atom. The van der Waals surface area contributed by atoms with Gasteiger partial charge in [-0.15, -0.1) is 0 Å². The van der Waals surface area contributed by atoms with Gasteiger partial charge in [-0.3, -0.25) is 4.79 Å². The molecule has 27 heavy (non-hydrogen) atoms. The van der Waals surface area contributed by atoms with Gasteiger partial charge < -0.3 is 14.8 Å². The van der Waals surface area contributed by atoms with E-state index in [1.807, 2.05) is 13.8 Å². The summed E-state index contributed by atoms with van der Waals surface area (Å²) in [5.41, 5.74) is 1.38. The Labute approximate surface area is 155 Å². The van der Waals surface area contributed by atoms with E-state index in [9.17, 15) is 9.59 Å². The summed E-state index contributed by atoms with van der Waals surface area (Å²) in [5, 5.41) is 6.72. The molecule has 0 aliphatic rings. The van der Waals surface area contributed by atoms with Crippen LogP contribution in [0.15, 0.2) is 36.8 Å². The molecule has 0 atom stereocenters. The Bertz CT molecular complexity index is 969. The fourth-order valence-corrected chi connectivity index (χ4v) is 2.58. The Hall–Kier alpha value is -3.49. The lowest BCUT2D eigenvalue weighted by Crippen LogP contribution is -2.22. The molecule has 0 saturated heterocycles. The van der Waals surface area contributed by atoms with E-state index >= 15 is 0 Å². The molecule has 0 radical (unpaired) electrons. The molecule has 1 N–H and O–H groups in total. The van der Waals surface area contributed by atoms with Gasteiger partial charge in [0.15, 0.2) is 6.61 Å². The number of hydrogen-bond donors (Lipinski definition) is 1. The molecule has 3 rings (SSSR count). The van der Waals surface area contributed by atoms with Crippen LogP contribution >= 0.6 is 0 Å². The maximum absolute atomic E-state index is 12.4. The van der Waals surface area contributed by atoms with Crippen molar-refractivity contribution in [3.63, 3.8) is 0 Å². The molecule has 9 heteroatoms. The molecule has 0 bridgehead atoms. The number of anilines is 1. The zero-order valence-electron chi connectivity index (χ0n) is 15.0. The normalized spacial score (nSPS) is 10.6. The van der Waals surface area contributed by atoms with Crippen molar-refractivity contribution in [1.82, 2.24) is 19.6 Å². The van der Waals surface area contributed by atoms with Crippen molar-refractivity contribution in [2.75, 3.05) is 18.5 Å². The van der Waals surface area contributed by atoms with Gasteiger partial charge in [-0.25, -0.2) is 14.3 Å². The Morgan fingerprint density at radius 2 is 2.00 bits per heavy atom. The monoisotopic (exact) mass is 369 g/mol. The van der Waals surface area contributed by atoms with Crippen molar-refractivity contribution < 1.29 is 19.1 Å². The molecule has 0 spiro atoms. The first-order valence-electron chi connectivity index (χ1n) is 8.50. The molecular weight excluding hydrogens is 350 g/mol. The number of rotatable bonds is 7. The summed E-state index contributed by atoms with van der Waals surface area (Å²) in [5.74, 6) is -0.171. The summed E-state index contributed by atoms with van der Waals surface area (Å²) >= 11 is 0. The number of carbonyl (C=O) groups is 2. The number of para-hydroxylation sites is 2. The van der Waals surface area contributed by atoms with E-state index in [0.717, 1.165) is 0 Å². The smallest absolute Gasteiger partial charge is 0.342 e. The average molecular weight is 369 g/mol. The quantitative estimate of drug-likeness (QED) is 0.634. The third-order valence-corrected chi connectivity index (χ3v) is 3.76. The SMILES string of the molecule is CCOc1ccccc1NC(=O)COC(=O)c1cnc2ncnn2c1CC. The van der Waals surface area contributed by atoms with E-state index in [1.165, 1.54) is 17.0 Å². The van der Waals surface area contributed by atoms with Gasteiger partial charge in [0.1, 0.15) is 12.1 Å². The van der Waals surface area contributed by atoms with Crippen molar-refractivity contribution in [1.29, 1.82) is 0 Å². The third-order valence-electron chi connectivity index (χ3n) is 3.76. The standard InChI is InChI=1S/C18H19N5O4/c1-3-14-12(9-19-18-20-11-21-23(14)18)17(25)27-10-16(24)22-13-7-5-6-8-15(13)26-4-2/h5-9,11H,3-4,10H2,1-2H3,(H,22,24). The maximum Gasteiger partial charge on any atom is 0.342 e. The minimum atomic E-state index is -0.648. The largest absolute Gasteiger partial charge is 0.492 e. The predicted molar refractivity (Wildman–Crippen MR) is 96.7 cm³/mol. The van der Waals surface area contributed by atoms with Crippen molar-refractivity contribution in [3.8, 4) is 5.75 Å². The highest BCUT2D eigenvalue weighted by atomic mass is 16.5. The van der Waals surface area contributed by atoms with Gasteiger partial charge in [0.2, 0.25) is 0 Å². The highest BCUT2D eigenvalue weighted by Crippen LogP contribution is 2.23. The molecule has 9 nitrogen and oxygen atoms in total. The Kier molecular flexibility index (Phi) is 5.60. The first-order valence-corrected chi connectivity index (χ1v) is 8.50. The molecule has 2 aromatic heterocycles. The topological polar surface area (TPSA) is 108 Å². The highest BCUT2D eigenvalue weighted by Gasteiger charge is 2.18. The lowest BCUT2D eigenvalue weighted by Gasteiger charge is -2.12. The van der Waals surface area contributed by atoms with Gasteiger partial charge in [0, 0.05) is 6.20 Å². The van der Waals surface area contributed by atoms with Gasteiger partial charge in [0.05, 0.1) is 23.6 Å². The van der Waals surface area contributed by atoms with Crippen LogP contribution in [0.4, 0.5) is 5.69 Å². The van der Waals surface area contributed by atoms with Crippen molar-refractivity contribution in [3.05, 3.63) is 48.0 Å². The fraction of sp³-hybridized carbons (Fsp3) is 0.278. The summed E-state index contributed by atoms with van der Waals surface area (Å²) in [6.45, 7) is 3.77. The van der Waals surface area contributed by atoms with E-state index in [0.29, 0.717) is 35.9 Å². The van der Waals surface area contributed by atoms with Gasteiger partial charge in [0.25, 0.3) is 11.7 Å². The molecule has 3 aromatic rings. The Morgan fingerprint density at radius 3 is 2.78 bits per heavy atom. The van der Waals surface area contributed by atoms with Crippen LogP contribution in [0.3, 0.4) is 0 Å². The van der Waals surface area contributed by atoms with Crippen LogP contribution in [0.1, 0.15) is 29.9 Å². The van der Waals surface area contributed by atoms with Crippen LogP contribution in [-0.2, 0) is 16.0 Å². The summed E-state index contributed by atoms with van der Waals surface area (Å²) in [4.78, 5) is 32.6. The van der Waals surface area contributed by atoms with Gasteiger partial charge >= 0.3 is 5.97 Å². The third kappa shape index (κ3) is 4.02. The molecule has 0 aliphatic heterocycles. The number of carbonyl (C=O) groups excluding carboxylic acids is 2. The van der Waals surface area contributed by atoms with Gasteiger partial charge in [-0.2, -0.15) is 10.1 Å². The minimum Gasteiger partial charge on any atom is -0.492 e. The predicted octanol–water partition coefficient (Wildman–Crippen LogP) is 1.88. The molecule has 0 aliphatic carbocycles. The number of benzene rings is 1. The molecule has 1 amide bonds. The lowest BCUT2D eigenvalue weighted by atomic mass is 10.2. The van der Waals surface area contributed by atoms with Gasteiger partial charge in [-0.05, 0) is 25.5 Å². The van der Waals surface area contributed by atoms with E-state index in [4.69, 9.17) is 9.47 Å². The Balaban J connectivity index is 1.66. The number of fused-ring (bicyclic) bond motifs is 1. The number of aromatic nitrogens is 4. The maximum atomic E-state index is 12.4. The molecule has 2 heterocycles. The average Bonchev–Trinajstić information content (AvgIpc) is 3.16. The van der Waals surface area contributed by atoms with E-state index in [1.54, 1.807) is 24.3 Å². The molecule has 0 fully saturated rings. The van der Waals surface area contributed by atoms with E-state index in [2.05, 4.69) is 20.4 Å². The van der Waals surface area contributed by atoms with E-state index < -0.39 is 18.5 Å². The van der Waals surface area contributed by atoms with E-state index in [-0.39, 0.29) is 5.56 Å². The van der Waals surface area contributed by atoms with Crippen LogP contribution in [0, 0.1) is 0 Å². The minimum absolute atomic E-state index is 0.248. The van der Waals surface area contributed by atoms with Crippen LogP contribution in [0.2, 0.25) is 0 Å². The van der Waals surface area contributed by atoms with Crippen molar-refractivity contribution >= 4 is 23.3 Å². The lowest BCUT2D eigenvalue weighted by molar-refractivity contribution is -0.119. The fourth-order valence-electron chi connectivity index (χ4n) is 2.58. The molecule has 140 valence electrons. The summed E-state index contributed by atoms with van der Waals surface area (Å²) in [7, 11) is 0. The second-order valence-electron chi connectivity index (χ2n) is 5.50. The van der Waals surface area contributed by atoms with Crippen molar-refractivity contribution in [2.24, 2.45) is 0 Å². The van der Waals surface area contributed by atoms with Crippen LogP contribution in [0.5, 0.6) is 5.75 Å². The molecule has 0 saturated carbocycles. The highest BCUT2D eigenvalue weighted by molar-refractivity contribution is 5.96. The second-order valence-corrected chi connectivity index (χ2v) is 5.50. The first-order chi connectivity index (χ1) is 13.1. The number of ether oxygens (including phenoxy) is 2. The van der Waals surface area contributed by atoms with Crippen LogP contribution < -0.4 is 10.1 Å². The number of nitrogens with zero attached hydrogens (tertiary/aromatic N) is 4. The van der Waals surface area contributed by atoms with Crippen LogP contribution in [-0.4, -0.2) is 44.7 Å². The number of nitrogens with one attached hydrogen (secondary N) is 1. The zero-order valence-corrected chi connectivity index (χ0v) is 15.0. The number of esters is 1. The number of amides is 1. The second kappa shape index (κ2) is 8.26. The van der Waals surface area contributed by atoms with Gasteiger partial charge in [-0.1, -0.05) is 19.1 Å². The molecule has 1 aromatic carbocycles. The molecular formula is C18H19N5O4. The summed E-state index contributed by atoms with van der Waals surface area (Å²) in [6, 6.07) is 7.04.